The van der Waals surface area contributed by atoms with Gasteiger partial charge in [-0.2, -0.15) is 5.10 Å². The van der Waals surface area contributed by atoms with E-state index in [1.54, 1.807) is 6.20 Å². The van der Waals surface area contributed by atoms with Crippen molar-refractivity contribution in [2.75, 3.05) is 0 Å². The van der Waals surface area contributed by atoms with Crippen molar-refractivity contribution >= 4 is 5.91 Å². The second kappa shape index (κ2) is 9.31. The molecule has 0 saturated heterocycles. The molecule has 0 bridgehead atoms. The Hall–Kier alpha value is -2.95. The van der Waals surface area contributed by atoms with Crippen LogP contribution in [-0.2, 0) is 17.8 Å². The molecule has 0 aliphatic carbocycles. The molecule has 1 amide bonds. The SMILES string of the molecule is Cc1cc(C)n(-c2ccc(CNC(=O)CC(C)CCc3ccccc3)cn2)n1. The van der Waals surface area contributed by atoms with Gasteiger partial charge in [0.05, 0.1) is 5.69 Å². The van der Waals surface area contributed by atoms with Crippen molar-refractivity contribution in [1.29, 1.82) is 0 Å². The zero-order valence-corrected chi connectivity index (χ0v) is 16.9. The summed E-state index contributed by atoms with van der Waals surface area (Å²) in [6, 6.07) is 16.3. The van der Waals surface area contributed by atoms with E-state index < -0.39 is 0 Å². The maximum absolute atomic E-state index is 12.2. The Balaban J connectivity index is 1.44. The average molecular weight is 377 g/mol. The van der Waals surface area contributed by atoms with Crippen molar-refractivity contribution in [3.63, 3.8) is 0 Å². The summed E-state index contributed by atoms with van der Waals surface area (Å²) < 4.78 is 1.83. The van der Waals surface area contributed by atoms with Gasteiger partial charge in [-0.1, -0.05) is 43.3 Å². The maximum atomic E-state index is 12.2. The Morgan fingerprint density at radius 1 is 1.11 bits per heavy atom. The van der Waals surface area contributed by atoms with E-state index in [9.17, 15) is 4.79 Å². The van der Waals surface area contributed by atoms with Gasteiger partial charge in [0, 0.05) is 24.9 Å². The fraction of sp³-hybridized carbons (Fsp3) is 0.348. The van der Waals surface area contributed by atoms with Gasteiger partial charge in [-0.05, 0) is 55.9 Å². The number of pyridine rings is 1. The van der Waals surface area contributed by atoms with Crippen molar-refractivity contribution in [3.05, 3.63) is 77.2 Å². The van der Waals surface area contributed by atoms with Crippen LogP contribution in [0.1, 0.15) is 42.3 Å². The second-order valence-corrected chi connectivity index (χ2v) is 7.47. The molecule has 3 aromatic rings. The van der Waals surface area contributed by atoms with Gasteiger partial charge in [0.1, 0.15) is 0 Å². The summed E-state index contributed by atoms with van der Waals surface area (Å²) in [6.45, 7) is 6.60. The number of amides is 1. The molecular weight excluding hydrogens is 348 g/mol. The first-order chi connectivity index (χ1) is 13.5. The first kappa shape index (κ1) is 19.8. The summed E-state index contributed by atoms with van der Waals surface area (Å²) in [5, 5.41) is 7.44. The Kier molecular flexibility index (Phi) is 6.58. The summed E-state index contributed by atoms with van der Waals surface area (Å²) in [5.41, 5.74) is 4.33. The lowest BCUT2D eigenvalue weighted by molar-refractivity contribution is -0.122. The second-order valence-electron chi connectivity index (χ2n) is 7.47. The normalized spacial score (nSPS) is 12.0. The molecule has 0 spiro atoms. The van der Waals surface area contributed by atoms with E-state index in [1.807, 2.05) is 42.8 Å². The first-order valence-corrected chi connectivity index (χ1v) is 9.80. The number of nitrogens with one attached hydrogen (secondary N) is 1. The molecule has 0 aliphatic rings. The first-order valence-electron chi connectivity index (χ1n) is 9.80. The molecule has 2 aromatic heterocycles. The summed E-state index contributed by atoms with van der Waals surface area (Å²) in [4.78, 5) is 16.7. The van der Waals surface area contributed by atoms with E-state index in [0.29, 0.717) is 18.9 Å². The standard InChI is InChI=1S/C23H28N4O/c1-17(9-10-20-7-5-4-6-8-20)13-23(28)25-16-21-11-12-22(24-15-21)27-19(3)14-18(2)26-27/h4-8,11-12,14-15,17H,9-10,13,16H2,1-3H3,(H,25,28). The number of carbonyl (C=O) groups excluding carboxylic acids is 1. The minimum absolute atomic E-state index is 0.0863. The molecule has 5 nitrogen and oxygen atoms in total. The average Bonchev–Trinajstić information content (AvgIpc) is 3.04. The fourth-order valence-electron chi connectivity index (χ4n) is 3.26. The summed E-state index contributed by atoms with van der Waals surface area (Å²) in [7, 11) is 0. The summed E-state index contributed by atoms with van der Waals surface area (Å²) >= 11 is 0. The predicted molar refractivity (Wildman–Crippen MR) is 111 cm³/mol. The lowest BCUT2D eigenvalue weighted by Crippen LogP contribution is -2.24. The molecule has 1 unspecified atom stereocenters. The topological polar surface area (TPSA) is 59.8 Å². The minimum atomic E-state index is 0.0863. The maximum Gasteiger partial charge on any atom is 0.220 e. The molecular formula is C23H28N4O. The van der Waals surface area contributed by atoms with Crippen molar-refractivity contribution in [2.45, 2.75) is 46.6 Å². The van der Waals surface area contributed by atoms with Crippen molar-refractivity contribution in [2.24, 2.45) is 5.92 Å². The summed E-state index contributed by atoms with van der Waals surface area (Å²) in [5.74, 6) is 1.23. The molecule has 2 heterocycles. The van der Waals surface area contributed by atoms with Gasteiger partial charge in [0.2, 0.25) is 5.91 Å². The summed E-state index contributed by atoms with van der Waals surface area (Å²) in [6.07, 6.45) is 4.36. The number of aromatic nitrogens is 3. The van der Waals surface area contributed by atoms with E-state index in [4.69, 9.17) is 0 Å². The highest BCUT2D eigenvalue weighted by atomic mass is 16.1. The van der Waals surface area contributed by atoms with Crippen molar-refractivity contribution < 1.29 is 4.79 Å². The largest absolute Gasteiger partial charge is 0.352 e. The monoisotopic (exact) mass is 376 g/mol. The molecule has 1 atom stereocenters. The van der Waals surface area contributed by atoms with Crippen LogP contribution in [0.2, 0.25) is 0 Å². The molecule has 3 rings (SSSR count). The highest BCUT2D eigenvalue weighted by Gasteiger charge is 2.10. The van der Waals surface area contributed by atoms with Gasteiger partial charge in [0.15, 0.2) is 5.82 Å². The number of carbonyl (C=O) groups is 1. The van der Waals surface area contributed by atoms with Gasteiger partial charge in [0.25, 0.3) is 0 Å². The fourth-order valence-corrected chi connectivity index (χ4v) is 3.26. The molecule has 146 valence electrons. The quantitative estimate of drug-likeness (QED) is 0.642. The van der Waals surface area contributed by atoms with Gasteiger partial charge in [-0.25, -0.2) is 9.67 Å². The highest BCUT2D eigenvalue weighted by Crippen LogP contribution is 2.13. The Morgan fingerprint density at radius 2 is 1.89 bits per heavy atom. The highest BCUT2D eigenvalue weighted by molar-refractivity contribution is 5.76. The molecule has 0 radical (unpaired) electrons. The van der Waals surface area contributed by atoms with Crippen LogP contribution in [0.5, 0.6) is 0 Å². The van der Waals surface area contributed by atoms with Crippen LogP contribution in [0.4, 0.5) is 0 Å². The molecule has 0 fully saturated rings. The number of nitrogens with zero attached hydrogens (tertiary/aromatic N) is 3. The van der Waals surface area contributed by atoms with Crippen molar-refractivity contribution in [3.8, 4) is 5.82 Å². The van der Waals surface area contributed by atoms with Crippen LogP contribution >= 0.6 is 0 Å². The lowest BCUT2D eigenvalue weighted by atomic mass is 9.98. The smallest absolute Gasteiger partial charge is 0.220 e. The Morgan fingerprint density at radius 3 is 2.54 bits per heavy atom. The lowest BCUT2D eigenvalue weighted by Gasteiger charge is -2.12. The molecule has 5 heteroatoms. The molecule has 0 saturated carbocycles. The van der Waals surface area contributed by atoms with E-state index in [0.717, 1.165) is 35.6 Å². The Bertz CT molecular complexity index is 900. The third-order valence-corrected chi connectivity index (χ3v) is 4.83. The van der Waals surface area contributed by atoms with Crippen LogP contribution in [0.25, 0.3) is 5.82 Å². The minimum Gasteiger partial charge on any atom is -0.352 e. The zero-order chi connectivity index (χ0) is 19.9. The predicted octanol–water partition coefficient (Wildman–Crippen LogP) is 4.16. The molecule has 28 heavy (non-hydrogen) atoms. The molecule has 0 aliphatic heterocycles. The van der Waals surface area contributed by atoms with Gasteiger partial charge in [-0.15, -0.1) is 0 Å². The van der Waals surface area contributed by atoms with E-state index in [1.165, 1.54) is 5.56 Å². The molecule has 1 N–H and O–H groups in total. The third kappa shape index (κ3) is 5.52. The zero-order valence-electron chi connectivity index (χ0n) is 16.9. The number of hydrogen-bond acceptors (Lipinski definition) is 3. The number of aryl methyl sites for hydroxylation is 3. The van der Waals surface area contributed by atoms with E-state index in [-0.39, 0.29) is 5.91 Å². The van der Waals surface area contributed by atoms with E-state index in [2.05, 4.69) is 46.6 Å². The Labute approximate surface area is 166 Å². The van der Waals surface area contributed by atoms with E-state index >= 15 is 0 Å². The van der Waals surface area contributed by atoms with Crippen LogP contribution in [-0.4, -0.2) is 20.7 Å². The van der Waals surface area contributed by atoms with Gasteiger partial charge < -0.3 is 5.32 Å². The van der Waals surface area contributed by atoms with Crippen LogP contribution < -0.4 is 5.32 Å². The van der Waals surface area contributed by atoms with Crippen LogP contribution in [0.3, 0.4) is 0 Å². The van der Waals surface area contributed by atoms with Crippen molar-refractivity contribution in [1.82, 2.24) is 20.1 Å². The number of hydrogen-bond donors (Lipinski definition) is 1. The number of benzene rings is 1. The third-order valence-electron chi connectivity index (χ3n) is 4.83. The van der Waals surface area contributed by atoms with Gasteiger partial charge in [-0.3, -0.25) is 4.79 Å². The van der Waals surface area contributed by atoms with Crippen LogP contribution in [0, 0.1) is 19.8 Å². The number of rotatable bonds is 8. The van der Waals surface area contributed by atoms with Crippen LogP contribution in [0.15, 0.2) is 54.7 Å². The molecule has 1 aromatic carbocycles. The van der Waals surface area contributed by atoms with Gasteiger partial charge >= 0.3 is 0 Å².